The molecule has 0 aromatic heterocycles. The summed E-state index contributed by atoms with van der Waals surface area (Å²) in [6.45, 7) is -0.160. The lowest BCUT2D eigenvalue weighted by Crippen LogP contribution is -2.36. The fraction of sp³-hybridized carbons (Fsp3) is 0.222. The maximum Gasteiger partial charge on any atom is 0.271 e. The molecule has 0 aliphatic rings. The van der Waals surface area contributed by atoms with Gasteiger partial charge in [-0.1, -0.05) is 23.7 Å². The van der Waals surface area contributed by atoms with Gasteiger partial charge in [0, 0.05) is 12.1 Å². The second-order valence-corrected chi connectivity index (χ2v) is 6.30. The number of non-ortho nitro benzene ring substituents is 1. The molecule has 2 rings (SSSR count). The SMILES string of the molecule is COc1ccc([N+](=O)[O-])cc1NC(=O)CN(C)CC(=O)Nc1ccccc1Cl. The summed E-state index contributed by atoms with van der Waals surface area (Å²) in [6.07, 6.45) is 0. The number of amides is 2. The molecule has 0 aliphatic carbocycles. The number of nitro groups is 1. The van der Waals surface area contributed by atoms with Crippen LogP contribution in [0, 0.1) is 10.1 Å². The second kappa shape index (κ2) is 9.67. The van der Waals surface area contributed by atoms with Crippen LogP contribution in [0.2, 0.25) is 5.02 Å². The van der Waals surface area contributed by atoms with E-state index in [1.54, 1.807) is 31.3 Å². The summed E-state index contributed by atoms with van der Waals surface area (Å²) in [5.74, 6) is -0.499. The Hall–Kier alpha value is -3.17. The first-order valence-corrected chi connectivity index (χ1v) is 8.53. The van der Waals surface area contributed by atoms with E-state index in [2.05, 4.69) is 10.6 Å². The Bertz CT molecular complexity index is 890. The van der Waals surface area contributed by atoms with Gasteiger partial charge in [0.05, 0.1) is 41.5 Å². The van der Waals surface area contributed by atoms with E-state index in [-0.39, 0.29) is 36.1 Å². The first-order valence-electron chi connectivity index (χ1n) is 8.15. The third kappa shape index (κ3) is 5.93. The number of hydrogen-bond donors (Lipinski definition) is 2. The highest BCUT2D eigenvalue weighted by atomic mass is 35.5. The predicted octanol–water partition coefficient (Wildman–Crippen LogP) is 2.77. The van der Waals surface area contributed by atoms with Gasteiger partial charge in [0.25, 0.3) is 5.69 Å². The maximum atomic E-state index is 12.2. The summed E-state index contributed by atoms with van der Waals surface area (Å²) >= 11 is 5.99. The first kappa shape index (κ1) is 21.1. The molecule has 0 spiro atoms. The Balaban J connectivity index is 1.94. The van der Waals surface area contributed by atoms with Crippen LogP contribution in [0.5, 0.6) is 5.75 Å². The number of nitrogens with one attached hydrogen (secondary N) is 2. The number of methoxy groups -OCH3 is 1. The largest absolute Gasteiger partial charge is 0.495 e. The monoisotopic (exact) mass is 406 g/mol. The van der Waals surface area contributed by atoms with Gasteiger partial charge >= 0.3 is 0 Å². The van der Waals surface area contributed by atoms with Crippen LogP contribution in [0.15, 0.2) is 42.5 Å². The molecule has 2 amide bonds. The number of benzene rings is 2. The Morgan fingerprint density at radius 1 is 1.11 bits per heavy atom. The molecule has 0 unspecified atom stereocenters. The van der Waals surface area contributed by atoms with Gasteiger partial charge < -0.3 is 15.4 Å². The number of rotatable bonds is 8. The van der Waals surface area contributed by atoms with Crippen molar-refractivity contribution >= 4 is 40.5 Å². The van der Waals surface area contributed by atoms with Gasteiger partial charge in [0.15, 0.2) is 0 Å². The van der Waals surface area contributed by atoms with Crippen LogP contribution in [-0.2, 0) is 9.59 Å². The molecule has 10 heteroatoms. The quantitative estimate of drug-likeness (QED) is 0.514. The molecule has 0 saturated heterocycles. The number of halogens is 1. The Morgan fingerprint density at radius 2 is 1.71 bits per heavy atom. The van der Waals surface area contributed by atoms with Gasteiger partial charge in [-0.25, -0.2) is 0 Å². The molecule has 2 aromatic carbocycles. The molecule has 0 saturated carbocycles. The lowest BCUT2D eigenvalue weighted by Gasteiger charge is -2.17. The van der Waals surface area contributed by atoms with Crippen LogP contribution in [-0.4, -0.2) is 48.9 Å². The normalized spacial score (nSPS) is 10.4. The van der Waals surface area contributed by atoms with Crippen molar-refractivity contribution in [2.75, 3.05) is 37.9 Å². The number of anilines is 2. The molecule has 0 fully saturated rings. The van der Waals surface area contributed by atoms with Gasteiger partial charge in [0.2, 0.25) is 11.8 Å². The van der Waals surface area contributed by atoms with E-state index in [0.717, 1.165) is 0 Å². The van der Waals surface area contributed by atoms with Crippen molar-refractivity contribution in [3.8, 4) is 5.75 Å². The summed E-state index contributed by atoms with van der Waals surface area (Å²) in [6, 6.07) is 10.7. The lowest BCUT2D eigenvalue weighted by molar-refractivity contribution is -0.384. The van der Waals surface area contributed by atoms with Gasteiger partial charge in [-0.2, -0.15) is 0 Å². The van der Waals surface area contributed by atoms with E-state index in [0.29, 0.717) is 10.7 Å². The molecule has 0 heterocycles. The molecule has 148 valence electrons. The number of hydrogen-bond acceptors (Lipinski definition) is 6. The van der Waals surface area contributed by atoms with Gasteiger partial charge in [-0.15, -0.1) is 0 Å². The van der Waals surface area contributed by atoms with Crippen molar-refractivity contribution in [1.29, 1.82) is 0 Å². The minimum atomic E-state index is -0.569. The lowest BCUT2D eigenvalue weighted by atomic mass is 10.2. The zero-order valence-corrected chi connectivity index (χ0v) is 16.0. The molecular formula is C18H19ClN4O5. The van der Waals surface area contributed by atoms with Gasteiger partial charge in [-0.05, 0) is 25.2 Å². The molecule has 9 nitrogen and oxygen atoms in total. The van der Waals surface area contributed by atoms with E-state index >= 15 is 0 Å². The molecule has 2 aromatic rings. The molecule has 0 aliphatic heterocycles. The topological polar surface area (TPSA) is 114 Å². The Kier molecular flexibility index (Phi) is 7.30. The predicted molar refractivity (Wildman–Crippen MR) is 106 cm³/mol. The van der Waals surface area contributed by atoms with E-state index in [4.69, 9.17) is 16.3 Å². The zero-order valence-electron chi connectivity index (χ0n) is 15.3. The summed E-state index contributed by atoms with van der Waals surface area (Å²) in [5, 5.41) is 16.5. The fourth-order valence-electron chi connectivity index (χ4n) is 2.40. The summed E-state index contributed by atoms with van der Waals surface area (Å²) < 4.78 is 5.10. The third-order valence-electron chi connectivity index (χ3n) is 3.64. The number of carbonyl (C=O) groups is 2. The number of nitro benzene ring substituents is 1. The van der Waals surface area contributed by atoms with E-state index < -0.39 is 10.8 Å². The van der Waals surface area contributed by atoms with E-state index in [1.807, 2.05) is 0 Å². The molecule has 0 atom stereocenters. The minimum Gasteiger partial charge on any atom is -0.495 e. The number of ether oxygens (including phenoxy) is 1. The number of nitrogens with zero attached hydrogens (tertiary/aromatic N) is 2. The molecule has 2 N–H and O–H groups in total. The molecule has 28 heavy (non-hydrogen) atoms. The fourth-order valence-corrected chi connectivity index (χ4v) is 2.58. The highest BCUT2D eigenvalue weighted by molar-refractivity contribution is 6.33. The summed E-state index contributed by atoms with van der Waals surface area (Å²) in [5.41, 5.74) is 0.479. The second-order valence-electron chi connectivity index (χ2n) is 5.89. The van der Waals surface area contributed by atoms with Crippen molar-refractivity contribution in [2.45, 2.75) is 0 Å². The Morgan fingerprint density at radius 3 is 2.29 bits per heavy atom. The van der Waals surface area contributed by atoms with Crippen LogP contribution >= 0.6 is 11.6 Å². The van der Waals surface area contributed by atoms with Crippen molar-refractivity contribution in [2.24, 2.45) is 0 Å². The molecule has 0 radical (unpaired) electrons. The van der Waals surface area contributed by atoms with Crippen LogP contribution in [0.1, 0.15) is 0 Å². The van der Waals surface area contributed by atoms with Crippen LogP contribution in [0.4, 0.5) is 17.1 Å². The molecule has 0 bridgehead atoms. The standard InChI is InChI=1S/C18H19ClN4O5/c1-22(10-17(24)20-14-6-4-3-5-13(14)19)11-18(25)21-15-9-12(23(26)27)7-8-16(15)28-2/h3-9H,10-11H2,1-2H3,(H,20,24)(H,21,25). The average Bonchev–Trinajstić information content (AvgIpc) is 2.63. The third-order valence-corrected chi connectivity index (χ3v) is 3.97. The van der Waals surface area contributed by atoms with Crippen molar-refractivity contribution in [3.05, 3.63) is 57.6 Å². The van der Waals surface area contributed by atoms with Crippen molar-refractivity contribution in [1.82, 2.24) is 4.90 Å². The molecular weight excluding hydrogens is 388 g/mol. The van der Waals surface area contributed by atoms with Crippen LogP contribution in [0.25, 0.3) is 0 Å². The summed E-state index contributed by atoms with van der Waals surface area (Å²) in [4.78, 5) is 36.2. The number of carbonyl (C=O) groups excluding carboxylic acids is 2. The zero-order chi connectivity index (χ0) is 20.7. The number of likely N-dealkylation sites (N-methyl/N-ethyl adjacent to an activating group) is 1. The van der Waals surface area contributed by atoms with Gasteiger partial charge in [0.1, 0.15) is 5.75 Å². The van der Waals surface area contributed by atoms with Crippen LogP contribution < -0.4 is 15.4 Å². The van der Waals surface area contributed by atoms with E-state index in [1.165, 1.54) is 30.2 Å². The van der Waals surface area contributed by atoms with Gasteiger partial charge in [-0.3, -0.25) is 24.6 Å². The minimum absolute atomic E-state index is 0.0509. The van der Waals surface area contributed by atoms with Crippen molar-refractivity contribution < 1.29 is 19.2 Å². The Labute approximate surface area is 166 Å². The maximum absolute atomic E-state index is 12.2. The number of para-hydroxylation sites is 1. The highest BCUT2D eigenvalue weighted by Gasteiger charge is 2.16. The smallest absolute Gasteiger partial charge is 0.271 e. The van der Waals surface area contributed by atoms with Crippen molar-refractivity contribution in [3.63, 3.8) is 0 Å². The van der Waals surface area contributed by atoms with E-state index in [9.17, 15) is 19.7 Å². The summed E-state index contributed by atoms with van der Waals surface area (Å²) in [7, 11) is 2.98. The van der Waals surface area contributed by atoms with Crippen LogP contribution in [0.3, 0.4) is 0 Å². The average molecular weight is 407 g/mol. The highest BCUT2D eigenvalue weighted by Crippen LogP contribution is 2.28. The first-order chi connectivity index (χ1) is 13.3.